The zero-order valence-corrected chi connectivity index (χ0v) is 10.8. The number of hydrogen-bond donors (Lipinski definition) is 0. The van der Waals surface area contributed by atoms with Crippen LogP contribution < -0.4 is 5.69 Å². The molecule has 0 N–H and O–H groups in total. The minimum Gasteiger partial charge on any atom is -0.297 e. The maximum atomic E-state index is 13.7. The third kappa shape index (κ3) is 2.58. The van der Waals surface area contributed by atoms with Crippen molar-refractivity contribution in [1.82, 2.24) is 9.13 Å². The average molecular weight is 259 g/mol. The monoisotopic (exact) mass is 259 g/mol. The third-order valence-corrected chi connectivity index (χ3v) is 2.95. The van der Waals surface area contributed by atoms with Gasteiger partial charge in [-0.15, -0.1) is 0 Å². The molecule has 0 saturated heterocycles. The van der Waals surface area contributed by atoms with Crippen molar-refractivity contribution >= 4 is 0 Å². The van der Waals surface area contributed by atoms with Crippen molar-refractivity contribution in [2.45, 2.75) is 26.4 Å². The highest BCUT2D eigenvalue weighted by molar-refractivity contribution is 5.32. The molecule has 0 aliphatic rings. The van der Waals surface area contributed by atoms with Crippen molar-refractivity contribution < 1.29 is 4.39 Å². The second kappa shape index (κ2) is 5.11. The Labute approximate surface area is 110 Å². The van der Waals surface area contributed by atoms with E-state index in [1.165, 1.54) is 16.7 Å². The second-order valence-electron chi connectivity index (χ2n) is 4.63. The quantitative estimate of drug-likeness (QED) is 0.849. The Morgan fingerprint density at radius 3 is 2.63 bits per heavy atom. The van der Waals surface area contributed by atoms with Crippen molar-refractivity contribution in [3.8, 4) is 6.07 Å². The van der Waals surface area contributed by atoms with Gasteiger partial charge in [-0.25, -0.2) is 9.18 Å². The molecule has 0 amide bonds. The maximum Gasteiger partial charge on any atom is 0.328 e. The fourth-order valence-corrected chi connectivity index (χ4v) is 1.87. The van der Waals surface area contributed by atoms with E-state index in [-0.39, 0.29) is 23.8 Å². The first-order valence-corrected chi connectivity index (χ1v) is 5.98. The first-order chi connectivity index (χ1) is 9.02. The highest BCUT2D eigenvalue weighted by atomic mass is 19.1. The number of halogens is 1. The van der Waals surface area contributed by atoms with Crippen LogP contribution in [0, 0.1) is 17.1 Å². The molecule has 0 radical (unpaired) electrons. The predicted molar refractivity (Wildman–Crippen MR) is 69.3 cm³/mol. The van der Waals surface area contributed by atoms with Gasteiger partial charge in [-0.05, 0) is 26.0 Å². The van der Waals surface area contributed by atoms with E-state index in [4.69, 9.17) is 5.26 Å². The maximum absolute atomic E-state index is 13.7. The number of rotatable bonds is 3. The number of benzene rings is 1. The molecule has 0 saturated carbocycles. The zero-order valence-electron chi connectivity index (χ0n) is 10.8. The van der Waals surface area contributed by atoms with Gasteiger partial charge >= 0.3 is 5.69 Å². The van der Waals surface area contributed by atoms with E-state index in [0.717, 1.165) is 0 Å². The summed E-state index contributed by atoms with van der Waals surface area (Å²) in [5.41, 5.74) is 0.495. The van der Waals surface area contributed by atoms with E-state index in [1.807, 2.05) is 19.9 Å². The lowest BCUT2D eigenvalue weighted by molar-refractivity contribution is 0.553. The lowest BCUT2D eigenvalue weighted by Crippen LogP contribution is -2.25. The highest BCUT2D eigenvalue weighted by Crippen LogP contribution is 2.11. The molecule has 98 valence electrons. The molecule has 1 aromatic carbocycles. The van der Waals surface area contributed by atoms with Gasteiger partial charge in [0.25, 0.3) is 0 Å². The van der Waals surface area contributed by atoms with Crippen LogP contribution in [0.4, 0.5) is 4.39 Å². The molecule has 0 unspecified atom stereocenters. The Morgan fingerprint density at radius 2 is 2.11 bits per heavy atom. The number of imidazole rings is 1. The minimum absolute atomic E-state index is 0.0690. The standard InChI is InChI=1S/C14H14FN3O/c1-10(2)18-6-5-17(14(18)19)9-12-4-3-11(8-16)7-13(12)15/h3-7,10H,9H2,1-2H3. The molecule has 0 atom stereocenters. The van der Waals surface area contributed by atoms with Crippen molar-refractivity contribution in [3.63, 3.8) is 0 Å². The summed E-state index contributed by atoms with van der Waals surface area (Å²) in [6.07, 6.45) is 3.33. The largest absolute Gasteiger partial charge is 0.328 e. The van der Waals surface area contributed by atoms with E-state index in [0.29, 0.717) is 5.56 Å². The van der Waals surface area contributed by atoms with Crippen LogP contribution in [-0.4, -0.2) is 9.13 Å². The van der Waals surface area contributed by atoms with Crippen LogP contribution in [0.5, 0.6) is 0 Å². The van der Waals surface area contributed by atoms with Crippen LogP contribution >= 0.6 is 0 Å². The summed E-state index contributed by atoms with van der Waals surface area (Å²) in [5.74, 6) is -0.469. The van der Waals surface area contributed by atoms with Crippen LogP contribution in [0.3, 0.4) is 0 Å². The molecule has 0 aliphatic heterocycles. The SMILES string of the molecule is CC(C)n1ccn(Cc2ccc(C#N)cc2F)c1=O. The second-order valence-corrected chi connectivity index (χ2v) is 4.63. The zero-order chi connectivity index (χ0) is 14.0. The lowest BCUT2D eigenvalue weighted by atomic mass is 10.1. The molecule has 0 aliphatic carbocycles. The first kappa shape index (κ1) is 13.1. The fraction of sp³-hybridized carbons (Fsp3) is 0.286. The van der Waals surface area contributed by atoms with E-state index in [2.05, 4.69) is 0 Å². The minimum atomic E-state index is -0.469. The topological polar surface area (TPSA) is 50.7 Å². The molecule has 2 aromatic rings. The number of aromatic nitrogens is 2. The molecule has 4 nitrogen and oxygen atoms in total. The van der Waals surface area contributed by atoms with Gasteiger partial charge in [0.1, 0.15) is 5.82 Å². The van der Waals surface area contributed by atoms with Crippen LogP contribution in [0.1, 0.15) is 31.0 Å². The number of nitrogens with zero attached hydrogens (tertiary/aromatic N) is 3. The van der Waals surface area contributed by atoms with Gasteiger partial charge in [0.2, 0.25) is 0 Å². The van der Waals surface area contributed by atoms with Crippen LogP contribution in [-0.2, 0) is 6.54 Å². The molecule has 2 rings (SSSR count). The Balaban J connectivity index is 2.32. The summed E-state index contributed by atoms with van der Waals surface area (Å²) in [6, 6.07) is 6.21. The molecule has 1 heterocycles. The normalized spacial score (nSPS) is 10.7. The molecule has 1 aromatic heterocycles. The van der Waals surface area contributed by atoms with Gasteiger partial charge in [0.15, 0.2) is 0 Å². The molecule has 19 heavy (non-hydrogen) atoms. The molecule has 5 heteroatoms. The van der Waals surface area contributed by atoms with E-state index < -0.39 is 5.82 Å². The van der Waals surface area contributed by atoms with Crippen molar-refractivity contribution in [1.29, 1.82) is 5.26 Å². The average Bonchev–Trinajstić information content (AvgIpc) is 2.73. The van der Waals surface area contributed by atoms with Gasteiger partial charge in [-0.3, -0.25) is 9.13 Å². The van der Waals surface area contributed by atoms with Gasteiger partial charge in [-0.2, -0.15) is 5.26 Å². The van der Waals surface area contributed by atoms with E-state index in [9.17, 15) is 9.18 Å². The third-order valence-electron chi connectivity index (χ3n) is 2.95. The summed E-state index contributed by atoms with van der Waals surface area (Å²) in [4.78, 5) is 12.0. The summed E-state index contributed by atoms with van der Waals surface area (Å²) in [5, 5.41) is 8.68. The summed E-state index contributed by atoms with van der Waals surface area (Å²) in [6.45, 7) is 3.98. The van der Waals surface area contributed by atoms with Crippen LogP contribution in [0.2, 0.25) is 0 Å². The first-order valence-electron chi connectivity index (χ1n) is 5.98. The molecule has 0 bridgehead atoms. The lowest BCUT2D eigenvalue weighted by Gasteiger charge is -2.06. The Bertz CT molecular complexity index is 691. The van der Waals surface area contributed by atoms with Crippen molar-refractivity contribution in [3.05, 3.63) is 58.0 Å². The Morgan fingerprint density at radius 1 is 1.37 bits per heavy atom. The van der Waals surface area contributed by atoms with Gasteiger partial charge in [0, 0.05) is 24.0 Å². The molecule has 0 spiro atoms. The Kier molecular flexibility index (Phi) is 3.52. The predicted octanol–water partition coefficient (Wildman–Crippen LogP) is 2.29. The number of nitriles is 1. The highest BCUT2D eigenvalue weighted by Gasteiger charge is 2.09. The van der Waals surface area contributed by atoms with E-state index in [1.54, 1.807) is 23.0 Å². The van der Waals surface area contributed by atoms with E-state index >= 15 is 0 Å². The Hall–Kier alpha value is -2.35. The van der Waals surface area contributed by atoms with Crippen molar-refractivity contribution in [2.75, 3.05) is 0 Å². The summed E-state index contributed by atoms with van der Waals surface area (Å²) < 4.78 is 16.8. The fourth-order valence-electron chi connectivity index (χ4n) is 1.87. The smallest absolute Gasteiger partial charge is 0.297 e. The molecular formula is C14H14FN3O. The van der Waals surface area contributed by atoms with Gasteiger partial charge in [-0.1, -0.05) is 6.07 Å². The van der Waals surface area contributed by atoms with Crippen LogP contribution in [0.25, 0.3) is 0 Å². The van der Waals surface area contributed by atoms with Gasteiger partial charge < -0.3 is 0 Å². The summed E-state index contributed by atoms with van der Waals surface area (Å²) in [7, 11) is 0. The number of hydrogen-bond acceptors (Lipinski definition) is 2. The molecular weight excluding hydrogens is 245 g/mol. The molecule has 0 fully saturated rings. The van der Waals surface area contributed by atoms with Gasteiger partial charge in [0.05, 0.1) is 18.2 Å². The van der Waals surface area contributed by atoms with Crippen molar-refractivity contribution in [2.24, 2.45) is 0 Å². The van der Waals surface area contributed by atoms with Crippen LogP contribution in [0.15, 0.2) is 35.4 Å². The summed E-state index contributed by atoms with van der Waals surface area (Å²) >= 11 is 0.